The van der Waals surface area contributed by atoms with Gasteiger partial charge >= 0.3 is 5.97 Å². The summed E-state index contributed by atoms with van der Waals surface area (Å²) >= 11 is 12.1. The molecule has 0 aromatic heterocycles. The van der Waals surface area contributed by atoms with Crippen LogP contribution in [-0.4, -0.2) is 31.7 Å². The Bertz CT molecular complexity index is 1530. The fraction of sp³-hybridized carbons (Fsp3) is 0.345. The molecule has 208 valence electrons. The second-order valence-corrected chi connectivity index (χ2v) is 13.1. The van der Waals surface area contributed by atoms with Crippen molar-refractivity contribution in [2.45, 2.75) is 64.1 Å². The molecule has 39 heavy (non-hydrogen) atoms. The Morgan fingerprint density at radius 1 is 1.08 bits per heavy atom. The number of rotatable bonds is 7. The van der Waals surface area contributed by atoms with Gasteiger partial charge in [-0.05, 0) is 112 Å². The number of carbonyl (C=O) groups is 1. The maximum Gasteiger partial charge on any atom is 0.337 e. The van der Waals surface area contributed by atoms with Gasteiger partial charge in [-0.3, -0.25) is 4.72 Å². The monoisotopic (exact) mass is 591 g/mol. The van der Waals surface area contributed by atoms with Gasteiger partial charge in [-0.25, -0.2) is 13.2 Å². The Morgan fingerprint density at radius 2 is 1.74 bits per heavy atom. The molecular weight excluding hydrogens is 561 g/mol. The molecule has 1 heterocycles. The number of hydrogen-bond acceptors (Lipinski definition) is 5. The molecule has 0 saturated heterocycles. The molecule has 3 aromatic carbocycles. The molecule has 0 saturated carbocycles. The second-order valence-electron chi connectivity index (χ2n) is 10.6. The van der Waals surface area contributed by atoms with Crippen molar-refractivity contribution in [1.82, 2.24) is 0 Å². The molecule has 2 N–H and O–H groups in total. The normalized spacial score (nSPS) is 14.3. The molecular formula is C29H31Cl2NO6S. The molecule has 1 unspecified atom stereocenters. The lowest BCUT2D eigenvalue weighted by Crippen LogP contribution is -2.28. The Morgan fingerprint density at radius 3 is 2.36 bits per heavy atom. The van der Waals surface area contributed by atoms with Gasteiger partial charge in [-0.15, -0.1) is 0 Å². The van der Waals surface area contributed by atoms with E-state index in [0.29, 0.717) is 28.9 Å². The average Bonchev–Trinajstić information content (AvgIpc) is 2.83. The van der Waals surface area contributed by atoms with Gasteiger partial charge in [-0.1, -0.05) is 29.3 Å². The van der Waals surface area contributed by atoms with Crippen LogP contribution in [0.2, 0.25) is 10.0 Å². The molecule has 1 aliphatic heterocycles. The molecule has 0 amide bonds. The topological polar surface area (TPSA) is 102 Å². The highest BCUT2D eigenvalue weighted by atomic mass is 35.5. The summed E-state index contributed by atoms with van der Waals surface area (Å²) in [5, 5.41) is 10.7. The number of hydrogen-bond donors (Lipinski definition) is 2. The van der Waals surface area contributed by atoms with Gasteiger partial charge in [0.2, 0.25) is 0 Å². The minimum Gasteiger partial charge on any atom is -0.493 e. The third-order valence-electron chi connectivity index (χ3n) is 6.38. The van der Waals surface area contributed by atoms with Crippen molar-refractivity contribution < 1.29 is 27.8 Å². The number of nitrogens with one attached hydrogen (secondary N) is 1. The van der Waals surface area contributed by atoms with Crippen molar-refractivity contribution in [3.05, 3.63) is 74.8 Å². The van der Waals surface area contributed by atoms with E-state index in [0.717, 1.165) is 29.7 Å². The zero-order valence-corrected chi connectivity index (χ0v) is 24.7. The van der Waals surface area contributed by atoms with Crippen LogP contribution in [0.1, 0.15) is 55.5 Å². The fourth-order valence-corrected chi connectivity index (χ4v) is 6.59. The molecule has 10 heteroatoms. The predicted octanol–water partition coefficient (Wildman–Crippen LogP) is 7.34. The van der Waals surface area contributed by atoms with Crippen LogP contribution < -0.4 is 9.46 Å². The summed E-state index contributed by atoms with van der Waals surface area (Å²) in [5.41, 5.74) is 3.42. The summed E-state index contributed by atoms with van der Waals surface area (Å²) in [6, 6.07) is 11.5. The number of halogens is 2. The van der Waals surface area contributed by atoms with Crippen molar-refractivity contribution in [1.29, 1.82) is 0 Å². The zero-order valence-electron chi connectivity index (χ0n) is 22.4. The summed E-state index contributed by atoms with van der Waals surface area (Å²) < 4.78 is 41.1. The van der Waals surface area contributed by atoms with Gasteiger partial charge < -0.3 is 14.6 Å². The third kappa shape index (κ3) is 6.52. The molecule has 0 aliphatic carbocycles. The summed E-state index contributed by atoms with van der Waals surface area (Å²) in [7, 11) is -4.11. The molecule has 0 bridgehead atoms. The average molecular weight is 593 g/mol. The SMILES string of the molecule is Cc1cc(NS(=O)(=O)c2cc(Cl)cc(Cl)c2)c(C)c(C(OC(C)(C)C)C(=O)O)c1-c1ccc2c(c1)CCCO2. The Kier molecular flexibility index (Phi) is 8.24. The third-order valence-corrected chi connectivity index (χ3v) is 8.16. The number of carboxylic acids is 1. The van der Waals surface area contributed by atoms with Crippen LogP contribution in [0, 0.1) is 13.8 Å². The van der Waals surface area contributed by atoms with E-state index in [9.17, 15) is 18.3 Å². The minimum atomic E-state index is -4.11. The number of anilines is 1. The lowest BCUT2D eigenvalue weighted by atomic mass is 9.86. The summed E-state index contributed by atoms with van der Waals surface area (Å²) in [6.45, 7) is 9.48. The first-order valence-electron chi connectivity index (χ1n) is 12.5. The summed E-state index contributed by atoms with van der Waals surface area (Å²) in [6.07, 6.45) is 0.369. The Labute approximate surface area is 239 Å². The van der Waals surface area contributed by atoms with Crippen molar-refractivity contribution >= 4 is 44.9 Å². The highest BCUT2D eigenvalue weighted by Crippen LogP contribution is 2.42. The predicted molar refractivity (Wildman–Crippen MR) is 154 cm³/mol. The van der Waals surface area contributed by atoms with Crippen molar-refractivity contribution in [2.24, 2.45) is 0 Å². The quantitative estimate of drug-likeness (QED) is 0.298. The molecule has 0 fully saturated rings. The summed E-state index contributed by atoms with van der Waals surface area (Å²) in [4.78, 5) is 12.5. The van der Waals surface area contributed by atoms with Crippen molar-refractivity contribution in [3.8, 4) is 16.9 Å². The Hall–Kier alpha value is -2.78. The first-order valence-corrected chi connectivity index (χ1v) is 14.7. The van der Waals surface area contributed by atoms with Gasteiger partial charge in [0.25, 0.3) is 10.0 Å². The lowest BCUT2D eigenvalue weighted by molar-refractivity contribution is -0.160. The van der Waals surface area contributed by atoms with Crippen LogP contribution in [0.3, 0.4) is 0 Å². The van der Waals surface area contributed by atoms with E-state index in [1.807, 2.05) is 25.1 Å². The zero-order chi connectivity index (χ0) is 28.7. The molecule has 1 aliphatic rings. The van der Waals surface area contributed by atoms with E-state index >= 15 is 0 Å². The van der Waals surface area contributed by atoms with Crippen LogP contribution in [0.5, 0.6) is 5.75 Å². The van der Waals surface area contributed by atoms with E-state index in [1.165, 1.54) is 18.2 Å². The van der Waals surface area contributed by atoms with Crippen LogP contribution in [0.4, 0.5) is 5.69 Å². The molecule has 0 spiro atoms. The largest absolute Gasteiger partial charge is 0.493 e. The van der Waals surface area contributed by atoms with Gasteiger partial charge in [0.15, 0.2) is 6.10 Å². The second kappa shape index (κ2) is 11.0. The fourth-order valence-electron chi connectivity index (χ4n) is 4.75. The highest BCUT2D eigenvalue weighted by molar-refractivity contribution is 7.92. The van der Waals surface area contributed by atoms with E-state index < -0.39 is 27.7 Å². The molecule has 3 aromatic rings. The first kappa shape index (κ1) is 29.2. The number of aliphatic carboxylic acids is 1. The molecule has 1 atom stereocenters. The van der Waals surface area contributed by atoms with Gasteiger partial charge in [0.05, 0.1) is 22.8 Å². The summed E-state index contributed by atoms with van der Waals surface area (Å²) in [5.74, 6) is -0.372. The lowest BCUT2D eigenvalue weighted by Gasteiger charge is -2.30. The number of sulfonamides is 1. The van der Waals surface area contributed by atoms with Crippen LogP contribution in [-0.2, 0) is 26.0 Å². The smallest absolute Gasteiger partial charge is 0.337 e. The number of carboxylic acid groups (broad SMARTS) is 1. The highest BCUT2D eigenvalue weighted by Gasteiger charge is 2.33. The van der Waals surface area contributed by atoms with Gasteiger partial charge in [0.1, 0.15) is 5.75 Å². The number of aryl methyl sites for hydroxylation is 2. The van der Waals surface area contributed by atoms with Crippen LogP contribution in [0.15, 0.2) is 47.4 Å². The van der Waals surface area contributed by atoms with Crippen LogP contribution in [0.25, 0.3) is 11.1 Å². The van der Waals surface area contributed by atoms with E-state index in [1.54, 1.807) is 33.8 Å². The van der Waals surface area contributed by atoms with Gasteiger partial charge in [0, 0.05) is 15.6 Å². The number of benzene rings is 3. The van der Waals surface area contributed by atoms with Crippen molar-refractivity contribution in [3.63, 3.8) is 0 Å². The maximum atomic E-state index is 13.3. The first-order chi connectivity index (χ1) is 18.2. The standard InChI is InChI=1S/C29H31Cl2NO6S/c1-16-11-23(32-39(35,36)22-14-20(30)13-21(31)15-22)17(2)26(27(28(33)34)38-29(3,4)5)25(16)19-8-9-24-18(12-19)7-6-10-37-24/h8-9,11-15,27,32H,6-7,10H2,1-5H3,(H,33,34). The molecule has 7 nitrogen and oxygen atoms in total. The maximum absolute atomic E-state index is 13.3. The molecule has 4 rings (SSSR count). The van der Waals surface area contributed by atoms with E-state index in [4.69, 9.17) is 32.7 Å². The Balaban J connectivity index is 1.93. The minimum absolute atomic E-state index is 0.113. The molecule has 0 radical (unpaired) electrons. The van der Waals surface area contributed by atoms with E-state index in [2.05, 4.69) is 4.72 Å². The number of fused-ring (bicyclic) bond motifs is 1. The van der Waals surface area contributed by atoms with Gasteiger partial charge in [-0.2, -0.15) is 0 Å². The number of ether oxygens (including phenoxy) is 2. The van der Waals surface area contributed by atoms with Crippen LogP contribution >= 0.6 is 23.2 Å². The van der Waals surface area contributed by atoms with E-state index in [-0.39, 0.29) is 20.6 Å². The van der Waals surface area contributed by atoms with Crippen molar-refractivity contribution in [2.75, 3.05) is 11.3 Å².